The Morgan fingerprint density at radius 3 is 2.24 bits per heavy atom. The minimum Gasteiger partial charge on any atom is -0.329 e. The number of aromatic nitrogens is 4. The number of aryl methyl sites for hydroxylation is 3. The van der Waals surface area contributed by atoms with Crippen LogP contribution in [0.5, 0.6) is 0 Å². The van der Waals surface area contributed by atoms with E-state index in [-0.39, 0.29) is 0 Å². The highest BCUT2D eigenvalue weighted by Crippen LogP contribution is 2.26. The highest BCUT2D eigenvalue weighted by molar-refractivity contribution is 7.80. The van der Waals surface area contributed by atoms with Gasteiger partial charge in [-0.2, -0.15) is 10.2 Å². The minimum absolute atomic E-state index is 0.446. The van der Waals surface area contributed by atoms with Crippen LogP contribution >= 0.6 is 35.4 Å². The molecule has 176 valence electrons. The maximum absolute atomic E-state index is 6.32. The molecular formula is C25H26Cl2N6S. The van der Waals surface area contributed by atoms with Crippen LogP contribution < -0.4 is 10.6 Å². The Morgan fingerprint density at radius 1 is 0.882 bits per heavy atom. The van der Waals surface area contributed by atoms with Gasteiger partial charge in [0.05, 0.1) is 30.2 Å². The lowest BCUT2D eigenvalue weighted by atomic mass is 10.1. The second kappa shape index (κ2) is 10.2. The van der Waals surface area contributed by atoms with E-state index >= 15 is 0 Å². The van der Waals surface area contributed by atoms with E-state index in [1.54, 1.807) is 0 Å². The average Bonchev–Trinajstić information content (AvgIpc) is 3.25. The van der Waals surface area contributed by atoms with E-state index in [0.29, 0.717) is 34.1 Å². The van der Waals surface area contributed by atoms with Crippen molar-refractivity contribution < 1.29 is 0 Å². The summed E-state index contributed by atoms with van der Waals surface area (Å²) in [6.45, 7) is 9.22. The van der Waals surface area contributed by atoms with Crippen molar-refractivity contribution in [3.05, 3.63) is 92.3 Å². The molecule has 2 heterocycles. The van der Waals surface area contributed by atoms with Gasteiger partial charge >= 0.3 is 0 Å². The van der Waals surface area contributed by atoms with E-state index < -0.39 is 0 Å². The van der Waals surface area contributed by atoms with Crippen LogP contribution in [0.15, 0.2) is 48.5 Å². The Hall–Kier alpha value is -2.87. The second-order valence-corrected chi connectivity index (χ2v) is 9.52. The number of rotatable bonds is 6. The maximum Gasteiger partial charge on any atom is 0.176 e. The van der Waals surface area contributed by atoms with E-state index in [2.05, 4.69) is 46.9 Å². The van der Waals surface area contributed by atoms with Gasteiger partial charge in [-0.05, 0) is 57.6 Å². The lowest BCUT2D eigenvalue weighted by molar-refractivity contribution is 0.659. The van der Waals surface area contributed by atoms with Crippen LogP contribution in [0.4, 0.5) is 11.5 Å². The largest absolute Gasteiger partial charge is 0.329 e. The van der Waals surface area contributed by atoms with Crippen molar-refractivity contribution in [3.63, 3.8) is 0 Å². The summed E-state index contributed by atoms with van der Waals surface area (Å²) in [4.78, 5) is 0. The zero-order valence-electron chi connectivity index (χ0n) is 19.5. The quantitative estimate of drug-likeness (QED) is 0.287. The standard InChI is InChI=1S/C25H26Cl2N6S/c1-15-8-10-19(11-9-15)13-33-18(4)24(17(3)30-33)29-25(34)28-23-12-16(2)32(31-23)14-20-21(26)6-5-7-22(20)27/h5-12H,13-14H2,1-4H3,(H2,28,29,31,34). The summed E-state index contributed by atoms with van der Waals surface area (Å²) in [7, 11) is 0. The molecule has 0 aliphatic heterocycles. The molecule has 0 saturated heterocycles. The van der Waals surface area contributed by atoms with Crippen LogP contribution in [0.3, 0.4) is 0 Å². The van der Waals surface area contributed by atoms with Gasteiger partial charge in [-0.25, -0.2) is 0 Å². The fourth-order valence-electron chi connectivity index (χ4n) is 3.72. The maximum atomic E-state index is 6.32. The minimum atomic E-state index is 0.446. The molecule has 0 bridgehead atoms. The topological polar surface area (TPSA) is 59.7 Å². The molecular weight excluding hydrogens is 487 g/mol. The smallest absolute Gasteiger partial charge is 0.176 e. The molecule has 34 heavy (non-hydrogen) atoms. The van der Waals surface area contributed by atoms with Crippen LogP contribution in [0.2, 0.25) is 10.0 Å². The number of benzene rings is 2. The highest BCUT2D eigenvalue weighted by Gasteiger charge is 2.15. The van der Waals surface area contributed by atoms with Crippen LogP contribution in [0, 0.1) is 27.7 Å². The van der Waals surface area contributed by atoms with E-state index in [1.165, 1.54) is 11.1 Å². The molecule has 4 rings (SSSR count). The van der Waals surface area contributed by atoms with Crippen LogP contribution in [0.1, 0.15) is 33.8 Å². The number of thiocarbonyl (C=S) groups is 1. The first kappa shape index (κ1) is 24.3. The third kappa shape index (κ3) is 5.43. The van der Waals surface area contributed by atoms with Crippen LogP contribution in [-0.4, -0.2) is 24.7 Å². The molecule has 0 aliphatic rings. The third-order valence-corrected chi connectivity index (χ3v) is 6.58. The van der Waals surface area contributed by atoms with Crippen molar-refractivity contribution in [2.75, 3.05) is 10.6 Å². The lowest BCUT2D eigenvalue weighted by Crippen LogP contribution is -2.20. The highest BCUT2D eigenvalue weighted by atomic mass is 35.5. The van der Waals surface area contributed by atoms with Gasteiger partial charge in [0.15, 0.2) is 10.9 Å². The first-order valence-electron chi connectivity index (χ1n) is 10.9. The zero-order valence-corrected chi connectivity index (χ0v) is 21.8. The Kier molecular flexibility index (Phi) is 7.26. The third-order valence-electron chi connectivity index (χ3n) is 5.67. The summed E-state index contributed by atoms with van der Waals surface area (Å²) >= 11 is 18.2. The fraction of sp³-hybridized carbons (Fsp3) is 0.240. The molecule has 0 radical (unpaired) electrons. The van der Waals surface area contributed by atoms with Gasteiger partial charge in [0.1, 0.15) is 0 Å². The molecule has 0 atom stereocenters. The van der Waals surface area contributed by atoms with Gasteiger partial charge in [-0.3, -0.25) is 9.36 Å². The van der Waals surface area contributed by atoms with Crippen LogP contribution in [0.25, 0.3) is 0 Å². The van der Waals surface area contributed by atoms with Gasteiger partial charge in [-0.1, -0.05) is 59.1 Å². The van der Waals surface area contributed by atoms with Crippen molar-refractivity contribution in [1.29, 1.82) is 0 Å². The number of halogens is 2. The van der Waals surface area contributed by atoms with E-state index in [9.17, 15) is 0 Å². The number of nitrogens with zero attached hydrogens (tertiary/aromatic N) is 4. The molecule has 0 spiro atoms. The summed E-state index contributed by atoms with van der Waals surface area (Å²) in [5.74, 6) is 0.639. The predicted octanol–water partition coefficient (Wildman–Crippen LogP) is 6.53. The monoisotopic (exact) mass is 512 g/mol. The molecule has 9 heteroatoms. The molecule has 2 aromatic heterocycles. The predicted molar refractivity (Wildman–Crippen MR) is 144 cm³/mol. The van der Waals surface area contributed by atoms with Crippen molar-refractivity contribution >= 4 is 52.0 Å². The van der Waals surface area contributed by atoms with E-state index in [1.807, 2.05) is 54.4 Å². The van der Waals surface area contributed by atoms with Gasteiger partial charge in [0.25, 0.3) is 0 Å². The number of hydrogen-bond donors (Lipinski definition) is 2. The summed E-state index contributed by atoms with van der Waals surface area (Å²) in [5, 5.41) is 17.4. The molecule has 6 nitrogen and oxygen atoms in total. The Balaban J connectivity index is 1.45. The Morgan fingerprint density at radius 2 is 1.56 bits per heavy atom. The summed E-state index contributed by atoms with van der Waals surface area (Å²) in [5.41, 5.74) is 7.01. The summed E-state index contributed by atoms with van der Waals surface area (Å²) in [6, 6.07) is 15.9. The number of nitrogens with one attached hydrogen (secondary N) is 2. The number of anilines is 2. The SMILES string of the molecule is Cc1ccc(Cn2nc(C)c(NC(=S)Nc3cc(C)n(Cc4c(Cl)cccc4Cl)n3)c2C)cc1. The molecule has 0 fully saturated rings. The van der Waals surface area contributed by atoms with Gasteiger partial charge in [-0.15, -0.1) is 0 Å². The van der Waals surface area contributed by atoms with Crippen molar-refractivity contribution in [2.24, 2.45) is 0 Å². The molecule has 4 aromatic rings. The van der Waals surface area contributed by atoms with E-state index in [4.69, 9.17) is 40.5 Å². The number of hydrogen-bond acceptors (Lipinski definition) is 3. The second-order valence-electron chi connectivity index (χ2n) is 8.30. The molecule has 2 N–H and O–H groups in total. The lowest BCUT2D eigenvalue weighted by Gasteiger charge is -2.10. The van der Waals surface area contributed by atoms with Crippen LogP contribution in [-0.2, 0) is 13.1 Å². The zero-order chi connectivity index (χ0) is 24.4. The van der Waals surface area contributed by atoms with Crippen molar-refractivity contribution in [2.45, 2.75) is 40.8 Å². The Bertz CT molecular complexity index is 1320. The van der Waals surface area contributed by atoms with Gasteiger partial charge in [0.2, 0.25) is 0 Å². The van der Waals surface area contributed by atoms with E-state index in [0.717, 1.165) is 28.3 Å². The molecule has 0 aliphatic carbocycles. The Labute approximate surface area is 214 Å². The first-order valence-corrected chi connectivity index (χ1v) is 12.0. The van der Waals surface area contributed by atoms with Crippen molar-refractivity contribution in [3.8, 4) is 0 Å². The first-order chi connectivity index (χ1) is 16.2. The average molecular weight is 513 g/mol. The van der Waals surface area contributed by atoms with Crippen molar-refractivity contribution in [1.82, 2.24) is 19.6 Å². The summed E-state index contributed by atoms with van der Waals surface area (Å²) in [6.07, 6.45) is 0. The van der Waals surface area contributed by atoms with Gasteiger partial charge < -0.3 is 10.6 Å². The summed E-state index contributed by atoms with van der Waals surface area (Å²) < 4.78 is 3.82. The van der Waals surface area contributed by atoms with Gasteiger partial charge in [0, 0.05) is 27.4 Å². The normalized spacial score (nSPS) is 11.0. The molecule has 2 aromatic carbocycles. The molecule has 0 unspecified atom stereocenters. The molecule has 0 amide bonds. The fourth-order valence-corrected chi connectivity index (χ4v) is 4.45. The molecule has 0 saturated carbocycles.